The number of rotatable bonds is 3. The molecule has 0 saturated carbocycles. The van der Waals surface area contributed by atoms with Gasteiger partial charge in [-0.05, 0) is 37.6 Å². The van der Waals surface area contributed by atoms with E-state index < -0.39 is 0 Å². The fraction of sp³-hybridized carbons (Fsp3) is 0.231. The van der Waals surface area contributed by atoms with E-state index in [4.69, 9.17) is 10.2 Å². The van der Waals surface area contributed by atoms with Gasteiger partial charge in [0.15, 0.2) is 0 Å². The molecule has 0 fully saturated rings. The predicted molar refractivity (Wildman–Crippen MR) is 74.3 cm³/mol. The second kappa shape index (κ2) is 5.29. The highest BCUT2D eigenvalue weighted by atomic mass is 79.9. The molecule has 2 nitrogen and oxygen atoms in total. The average molecular weight is 312 g/mol. The molecule has 0 radical (unpaired) electrons. The van der Waals surface area contributed by atoms with Crippen LogP contribution in [0.15, 0.2) is 49.2 Å². The minimum Gasteiger partial charge on any atom is -0.468 e. The summed E-state index contributed by atoms with van der Waals surface area (Å²) in [6, 6.07) is 8.26. The lowest BCUT2D eigenvalue weighted by atomic mass is 10.1. The van der Waals surface area contributed by atoms with Crippen molar-refractivity contribution < 1.29 is 4.42 Å². The van der Waals surface area contributed by atoms with E-state index in [9.17, 15) is 0 Å². The number of aryl methyl sites for hydroxylation is 1. The van der Waals surface area contributed by atoms with Gasteiger partial charge in [0.2, 0.25) is 0 Å². The Bertz CT molecular complexity index is 522. The highest BCUT2D eigenvalue weighted by Gasteiger charge is 2.08. The van der Waals surface area contributed by atoms with Crippen LogP contribution in [-0.4, -0.2) is 0 Å². The lowest BCUT2D eigenvalue weighted by molar-refractivity contribution is 0.527. The standard InChI is InChI=1S/C13H14BrNOS/c1-8(15)11-4-3-10(7-12(11)14)17-13-5-6-16-9(13)2/h3-8H,15H2,1-2H3. The number of benzene rings is 1. The Morgan fingerprint density at radius 1 is 1.35 bits per heavy atom. The second-order valence-electron chi connectivity index (χ2n) is 3.92. The van der Waals surface area contributed by atoms with Crippen molar-refractivity contribution in [2.45, 2.75) is 29.7 Å². The minimum absolute atomic E-state index is 0.0408. The van der Waals surface area contributed by atoms with Crippen LogP contribution in [-0.2, 0) is 0 Å². The molecular formula is C13H14BrNOS. The van der Waals surface area contributed by atoms with Gasteiger partial charge in [-0.15, -0.1) is 0 Å². The summed E-state index contributed by atoms with van der Waals surface area (Å²) in [5.74, 6) is 0.947. The molecule has 1 unspecified atom stereocenters. The lowest BCUT2D eigenvalue weighted by Crippen LogP contribution is -2.05. The Hall–Kier alpha value is -0.710. The molecule has 1 heterocycles. The quantitative estimate of drug-likeness (QED) is 0.905. The Kier molecular flexibility index (Phi) is 3.97. The van der Waals surface area contributed by atoms with Gasteiger partial charge in [0.1, 0.15) is 5.76 Å². The van der Waals surface area contributed by atoms with Gasteiger partial charge in [-0.3, -0.25) is 0 Å². The number of hydrogen-bond donors (Lipinski definition) is 1. The zero-order valence-electron chi connectivity index (χ0n) is 9.74. The van der Waals surface area contributed by atoms with Crippen LogP contribution in [0.4, 0.5) is 0 Å². The van der Waals surface area contributed by atoms with Crippen LogP contribution in [0.25, 0.3) is 0 Å². The third kappa shape index (κ3) is 2.94. The van der Waals surface area contributed by atoms with Crippen LogP contribution < -0.4 is 5.73 Å². The van der Waals surface area contributed by atoms with E-state index in [-0.39, 0.29) is 6.04 Å². The maximum absolute atomic E-state index is 5.87. The largest absolute Gasteiger partial charge is 0.468 e. The highest BCUT2D eigenvalue weighted by Crippen LogP contribution is 2.34. The van der Waals surface area contributed by atoms with Crippen molar-refractivity contribution in [1.82, 2.24) is 0 Å². The summed E-state index contributed by atoms with van der Waals surface area (Å²) in [5, 5.41) is 0. The molecular weight excluding hydrogens is 298 g/mol. The third-order valence-corrected chi connectivity index (χ3v) is 4.32. The number of halogens is 1. The molecule has 2 aromatic rings. The van der Waals surface area contributed by atoms with Crippen molar-refractivity contribution in [1.29, 1.82) is 0 Å². The topological polar surface area (TPSA) is 39.2 Å². The molecule has 0 saturated heterocycles. The molecule has 2 N–H and O–H groups in total. The summed E-state index contributed by atoms with van der Waals surface area (Å²) < 4.78 is 6.33. The first kappa shape index (κ1) is 12.7. The second-order valence-corrected chi connectivity index (χ2v) is 5.88. The van der Waals surface area contributed by atoms with Gasteiger partial charge in [0, 0.05) is 15.4 Å². The molecule has 2 rings (SSSR count). The summed E-state index contributed by atoms with van der Waals surface area (Å²) in [7, 11) is 0. The molecule has 1 atom stereocenters. The van der Waals surface area contributed by atoms with Crippen molar-refractivity contribution in [2.24, 2.45) is 5.73 Å². The van der Waals surface area contributed by atoms with Gasteiger partial charge in [-0.2, -0.15) is 0 Å². The van der Waals surface area contributed by atoms with E-state index in [0.29, 0.717) is 0 Å². The Morgan fingerprint density at radius 3 is 2.65 bits per heavy atom. The molecule has 0 aliphatic rings. The Labute approximate surface area is 114 Å². The van der Waals surface area contributed by atoms with Crippen molar-refractivity contribution >= 4 is 27.7 Å². The summed E-state index contributed by atoms with van der Waals surface area (Å²) in [5.41, 5.74) is 7.00. The van der Waals surface area contributed by atoms with Crippen LogP contribution in [0.5, 0.6) is 0 Å². The maximum atomic E-state index is 5.87. The molecule has 17 heavy (non-hydrogen) atoms. The van der Waals surface area contributed by atoms with Crippen molar-refractivity contribution in [3.8, 4) is 0 Å². The van der Waals surface area contributed by atoms with E-state index in [1.54, 1.807) is 18.0 Å². The van der Waals surface area contributed by atoms with E-state index in [2.05, 4.69) is 34.1 Å². The van der Waals surface area contributed by atoms with Crippen molar-refractivity contribution in [3.05, 3.63) is 46.3 Å². The third-order valence-electron chi connectivity index (χ3n) is 2.50. The zero-order valence-corrected chi connectivity index (χ0v) is 12.1. The van der Waals surface area contributed by atoms with Gasteiger partial charge >= 0.3 is 0 Å². The molecule has 0 amide bonds. The number of nitrogens with two attached hydrogens (primary N) is 1. The van der Waals surface area contributed by atoms with E-state index in [1.807, 2.05) is 19.9 Å². The minimum atomic E-state index is 0.0408. The summed E-state index contributed by atoms with van der Waals surface area (Å²) in [4.78, 5) is 2.32. The molecule has 1 aromatic carbocycles. The van der Waals surface area contributed by atoms with E-state index in [1.165, 1.54) is 4.90 Å². The fourth-order valence-corrected chi connectivity index (χ4v) is 3.32. The lowest BCUT2D eigenvalue weighted by Gasteiger charge is -2.09. The van der Waals surface area contributed by atoms with Gasteiger partial charge in [0.25, 0.3) is 0 Å². The van der Waals surface area contributed by atoms with Gasteiger partial charge in [0.05, 0.1) is 11.2 Å². The first-order chi connectivity index (χ1) is 8.08. The molecule has 1 aromatic heterocycles. The summed E-state index contributed by atoms with van der Waals surface area (Å²) >= 11 is 5.24. The van der Waals surface area contributed by atoms with Crippen molar-refractivity contribution in [2.75, 3.05) is 0 Å². The zero-order chi connectivity index (χ0) is 12.4. The smallest absolute Gasteiger partial charge is 0.114 e. The van der Waals surface area contributed by atoms with Crippen LogP contribution >= 0.6 is 27.7 Å². The number of hydrogen-bond acceptors (Lipinski definition) is 3. The summed E-state index contributed by atoms with van der Waals surface area (Å²) in [6.07, 6.45) is 1.71. The SMILES string of the molecule is Cc1occc1Sc1ccc(C(C)N)c(Br)c1. The molecule has 4 heteroatoms. The van der Waals surface area contributed by atoms with Crippen LogP contribution in [0.2, 0.25) is 0 Å². The van der Waals surface area contributed by atoms with Crippen molar-refractivity contribution in [3.63, 3.8) is 0 Å². The molecule has 90 valence electrons. The maximum Gasteiger partial charge on any atom is 0.114 e. The number of furan rings is 1. The fourth-order valence-electron chi connectivity index (χ4n) is 1.55. The van der Waals surface area contributed by atoms with Crippen LogP contribution in [0.1, 0.15) is 24.3 Å². The Balaban J connectivity index is 2.24. The molecule has 0 bridgehead atoms. The Morgan fingerprint density at radius 2 is 2.12 bits per heavy atom. The highest BCUT2D eigenvalue weighted by molar-refractivity contribution is 9.10. The van der Waals surface area contributed by atoms with Crippen LogP contribution in [0, 0.1) is 6.92 Å². The monoisotopic (exact) mass is 311 g/mol. The first-order valence-corrected chi connectivity index (χ1v) is 6.96. The molecule has 0 aliphatic heterocycles. The van der Waals surface area contributed by atoms with Gasteiger partial charge in [-0.25, -0.2) is 0 Å². The van der Waals surface area contributed by atoms with E-state index >= 15 is 0 Å². The molecule has 0 spiro atoms. The normalized spacial score (nSPS) is 12.7. The predicted octanol–water partition coefficient (Wildman–Crippen LogP) is 4.52. The molecule has 0 aliphatic carbocycles. The van der Waals surface area contributed by atoms with Gasteiger partial charge < -0.3 is 10.2 Å². The van der Waals surface area contributed by atoms with Gasteiger partial charge in [-0.1, -0.05) is 33.8 Å². The summed E-state index contributed by atoms with van der Waals surface area (Å²) in [6.45, 7) is 3.95. The first-order valence-electron chi connectivity index (χ1n) is 5.35. The van der Waals surface area contributed by atoms with Crippen LogP contribution in [0.3, 0.4) is 0 Å². The van der Waals surface area contributed by atoms with E-state index in [0.717, 1.165) is 20.7 Å². The average Bonchev–Trinajstić information content (AvgIpc) is 2.64.